The first-order valence-electron chi connectivity index (χ1n) is 21.9. The van der Waals surface area contributed by atoms with E-state index in [9.17, 15) is 39.6 Å². The van der Waals surface area contributed by atoms with Crippen LogP contribution in [-0.2, 0) is 47.6 Å². The molecular weight excluding hydrogens is 887 g/mol. The fraction of sp³-hybridized carbons (Fsp3) is 0.714. The summed E-state index contributed by atoms with van der Waals surface area (Å²) in [4.78, 5) is 64.2. The Labute approximate surface area is 388 Å². The van der Waals surface area contributed by atoms with Crippen molar-refractivity contribution in [3.63, 3.8) is 0 Å². The van der Waals surface area contributed by atoms with Crippen molar-refractivity contribution >= 4 is 57.9 Å². The molecule has 7 N–H and O–H groups in total. The molecule has 3 aliphatic heterocycles. The number of thiocarbonyl (C=S) groups is 1. The Hall–Kier alpha value is -4.68. The lowest BCUT2D eigenvalue weighted by atomic mass is 9.92. The van der Waals surface area contributed by atoms with Crippen LogP contribution in [0.1, 0.15) is 59.8 Å². The van der Waals surface area contributed by atoms with Crippen molar-refractivity contribution in [1.82, 2.24) is 35.4 Å². The monoisotopic (exact) mass is 949 g/mol. The second-order valence-electron chi connectivity index (χ2n) is 16.9. The molecule has 2 aromatic rings. The molecule has 3 amide bonds. The summed E-state index contributed by atoms with van der Waals surface area (Å²) in [6, 6.07) is 1.63. The fourth-order valence-electron chi connectivity index (χ4n) is 8.50. The molecule has 0 radical (unpaired) electrons. The van der Waals surface area contributed by atoms with Crippen molar-refractivity contribution in [3.05, 3.63) is 18.6 Å². The summed E-state index contributed by atoms with van der Waals surface area (Å²) < 4.78 is 35.4. The molecule has 24 heteroatoms. The number of nitrogens with one attached hydrogen (secondary N) is 3. The second-order valence-corrected chi connectivity index (χ2v) is 17.3. The fourth-order valence-corrected chi connectivity index (χ4v) is 8.79. The Morgan fingerprint density at radius 2 is 1.82 bits per heavy atom. The van der Waals surface area contributed by atoms with Crippen molar-refractivity contribution in [2.75, 3.05) is 52.4 Å². The van der Waals surface area contributed by atoms with Gasteiger partial charge in [-0.25, -0.2) is 14.8 Å². The maximum absolute atomic E-state index is 13.7. The highest BCUT2D eigenvalue weighted by Gasteiger charge is 2.53. The summed E-state index contributed by atoms with van der Waals surface area (Å²) >= 11 is 5.76. The molecule has 3 fully saturated rings. The van der Waals surface area contributed by atoms with E-state index < -0.39 is 97.9 Å². The lowest BCUT2D eigenvalue weighted by Crippen LogP contribution is -2.68. The predicted octanol–water partition coefficient (Wildman–Crippen LogP) is -1.58. The third-order valence-electron chi connectivity index (χ3n) is 12.0. The van der Waals surface area contributed by atoms with E-state index >= 15 is 0 Å². The molecule has 366 valence electrons. The molecule has 2 aromatic heterocycles. The maximum Gasteiger partial charge on any atom is 0.328 e. The van der Waals surface area contributed by atoms with Gasteiger partial charge in [0.25, 0.3) is 5.91 Å². The summed E-state index contributed by atoms with van der Waals surface area (Å²) in [7, 11) is 4.44. The number of carbonyl (C=O) groups excluding carboxylic acids is 4. The largest absolute Gasteiger partial charge is 0.467 e. The normalized spacial score (nSPS) is 29.4. The van der Waals surface area contributed by atoms with Gasteiger partial charge in [0.2, 0.25) is 11.8 Å². The van der Waals surface area contributed by atoms with Crippen LogP contribution >= 0.6 is 12.2 Å². The van der Waals surface area contributed by atoms with Crippen molar-refractivity contribution in [1.29, 1.82) is 5.26 Å². The van der Waals surface area contributed by atoms with Crippen LogP contribution in [0.15, 0.2) is 18.6 Å². The van der Waals surface area contributed by atoms with Gasteiger partial charge in [-0.2, -0.15) is 5.26 Å². The van der Waals surface area contributed by atoms with Gasteiger partial charge in [-0.05, 0) is 63.7 Å². The SMILES string of the molecule is COC(=O)[C@H](CCCCNC(=O)C1O[C@@H](OC2C(NC(C)=O)[C@H](OC)OC(CO)[C@H]2O)C(O)C(O)[C@@H]1OC(C)C)NC(=S)n1ccc2c(N(C)[C@H]3CN(C(=O)CC#N)CC[C@H]3C)ncnc21. The van der Waals surface area contributed by atoms with E-state index in [1.165, 1.54) is 27.5 Å². The van der Waals surface area contributed by atoms with E-state index in [0.29, 0.717) is 42.8 Å². The number of esters is 1. The van der Waals surface area contributed by atoms with Crippen LogP contribution in [0, 0.1) is 17.2 Å². The Morgan fingerprint density at radius 3 is 2.47 bits per heavy atom. The first kappa shape index (κ1) is 52.3. The van der Waals surface area contributed by atoms with Crippen molar-refractivity contribution in [2.45, 2.75) is 139 Å². The summed E-state index contributed by atoms with van der Waals surface area (Å²) in [5.41, 5.74) is 0.483. The van der Waals surface area contributed by atoms with Crippen LogP contribution in [0.2, 0.25) is 0 Å². The number of aliphatic hydroxyl groups excluding tert-OH is 4. The van der Waals surface area contributed by atoms with Crippen LogP contribution < -0.4 is 20.9 Å². The zero-order valence-corrected chi connectivity index (χ0v) is 39.0. The summed E-state index contributed by atoms with van der Waals surface area (Å²) in [5.74, 6) is -1.18. The molecule has 0 aromatic carbocycles. The zero-order chi connectivity index (χ0) is 48.4. The number of hydrogen-bond acceptors (Lipinski definition) is 19. The highest BCUT2D eigenvalue weighted by Crippen LogP contribution is 2.32. The third-order valence-corrected chi connectivity index (χ3v) is 12.3. The molecule has 6 unspecified atom stereocenters. The standard InChI is InChI=1S/C42H63N9O14S/c1-21(2)62-34-31(56)32(57)41(64-33-29(47-23(4)53)40(61-7)63-27(19-52)30(33)55)65-35(34)38(58)44-15-9-8-10-25(39(59)60-6)48-42(66)51-17-13-24-36(45-20-46-37(24)51)49(5)26-18-50(16-12-22(26)3)28(54)11-14-43/h13,17,20-22,25-27,29-35,40-41,52,55-57H,8-12,15-16,18-19H2,1-7H3,(H,44,58)(H,47,53)(H,48,66)/t22-,25+,26+,27?,29?,30-,31?,32?,33?,34+,35?,40-,41-/m1/s1. The molecule has 0 saturated carbocycles. The number of unbranched alkanes of at least 4 members (excludes halogenated alkanes) is 1. The van der Waals surface area contributed by atoms with Crippen LogP contribution in [0.5, 0.6) is 0 Å². The van der Waals surface area contributed by atoms with E-state index in [1.807, 2.05) is 24.1 Å². The third kappa shape index (κ3) is 12.3. The number of nitrogens with zero attached hydrogens (tertiary/aromatic N) is 6. The van der Waals surface area contributed by atoms with Crippen molar-refractivity contribution in [3.8, 4) is 6.07 Å². The van der Waals surface area contributed by atoms with Gasteiger partial charge in [-0.3, -0.25) is 19.0 Å². The summed E-state index contributed by atoms with van der Waals surface area (Å²) in [6.07, 6.45) is -9.31. The Morgan fingerprint density at radius 1 is 1.08 bits per heavy atom. The van der Waals surface area contributed by atoms with Crippen molar-refractivity contribution < 1.29 is 68.0 Å². The number of methoxy groups -OCH3 is 2. The highest BCUT2D eigenvalue weighted by molar-refractivity contribution is 7.80. The van der Waals surface area contributed by atoms with Gasteiger partial charge in [0.15, 0.2) is 29.4 Å². The molecule has 13 atom stereocenters. The average molecular weight is 950 g/mol. The minimum absolute atomic E-state index is 0.0785. The van der Waals surface area contributed by atoms with Crippen LogP contribution in [0.4, 0.5) is 5.82 Å². The Kier molecular flexibility index (Phi) is 18.9. The lowest BCUT2D eigenvalue weighted by molar-refractivity contribution is -0.341. The minimum atomic E-state index is -1.79. The van der Waals surface area contributed by atoms with E-state index in [-0.39, 0.29) is 42.4 Å². The number of aromatic nitrogens is 3. The second kappa shape index (κ2) is 23.9. The quantitative estimate of drug-likeness (QED) is 0.0504. The van der Waals surface area contributed by atoms with Gasteiger partial charge in [0.1, 0.15) is 67.3 Å². The van der Waals surface area contributed by atoms with E-state index in [4.69, 9.17) is 45.9 Å². The highest BCUT2D eigenvalue weighted by atomic mass is 32.1. The number of aliphatic hydroxyl groups is 4. The predicted molar refractivity (Wildman–Crippen MR) is 236 cm³/mol. The van der Waals surface area contributed by atoms with E-state index in [0.717, 1.165) is 6.42 Å². The average Bonchev–Trinajstić information content (AvgIpc) is 3.73. The zero-order valence-electron chi connectivity index (χ0n) is 38.1. The van der Waals surface area contributed by atoms with Crippen LogP contribution in [0.3, 0.4) is 0 Å². The summed E-state index contributed by atoms with van der Waals surface area (Å²) in [6.45, 7) is 7.12. The molecule has 5 rings (SSSR count). The number of nitriles is 1. The molecule has 5 heterocycles. The van der Waals surface area contributed by atoms with Gasteiger partial charge < -0.3 is 74.6 Å². The van der Waals surface area contributed by atoms with Gasteiger partial charge in [0, 0.05) is 46.9 Å². The maximum atomic E-state index is 13.7. The number of anilines is 1. The smallest absolute Gasteiger partial charge is 0.328 e. The number of carbonyl (C=O) groups is 4. The number of fused-ring (bicyclic) bond motifs is 1. The number of rotatable bonds is 18. The number of likely N-dealkylation sites (tertiary alicyclic amines) is 1. The van der Waals surface area contributed by atoms with Gasteiger partial charge in [-0.15, -0.1) is 0 Å². The number of likely N-dealkylation sites (N-methyl/N-ethyl adjacent to an activating group) is 1. The van der Waals surface area contributed by atoms with Crippen LogP contribution in [-0.4, -0.2) is 196 Å². The van der Waals surface area contributed by atoms with Gasteiger partial charge >= 0.3 is 5.97 Å². The number of piperidine rings is 1. The van der Waals surface area contributed by atoms with E-state index in [2.05, 4.69) is 32.8 Å². The first-order chi connectivity index (χ1) is 31.4. The number of amides is 3. The molecule has 3 aliphatic rings. The molecule has 66 heavy (non-hydrogen) atoms. The first-order valence-corrected chi connectivity index (χ1v) is 22.3. The minimum Gasteiger partial charge on any atom is -0.467 e. The number of ether oxygens (including phenoxy) is 6. The molecular formula is C42H63N9O14S. The molecule has 23 nitrogen and oxygen atoms in total. The van der Waals surface area contributed by atoms with Crippen molar-refractivity contribution in [2.24, 2.45) is 5.92 Å². The van der Waals surface area contributed by atoms with E-state index in [1.54, 1.807) is 29.5 Å². The molecule has 0 spiro atoms. The number of hydrogen-bond donors (Lipinski definition) is 7. The molecule has 3 saturated heterocycles. The lowest BCUT2D eigenvalue weighted by Gasteiger charge is -2.47. The topological polar surface area (TPSA) is 302 Å². The van der Waals surface area contributed by atoms with Gasteiger partial charge in [-0.1, -0.05) is 6.92 Å². The Balaban J connectivity index is 1.21. The molecule has 0 aliphatic carbocycles. The molecule has 0 bridgehead atoms. The summed E-state index contributed by atoms with van der Waals surface area (Å²) in [5, 5.41) is 61.7. The Bertz CT molecular complexity index is 2040. The van der Waals surface area contributed by atoms with Crippen LogP contribution in [0.25, 0.3) is 11.0 Å². The van der Waals surface area contributed by atoms with Gasteiger partial charge in [0.05, 0.1) is 37.3 Å².